The van der Waals surface area contributed by atoms with Gasteiger partial charge in [-0.05, 0) is 67.4 Å². The van der Waals surface area contributed by atoms with Crippen molar-refractivity contribution in [3.05, 3.63) is 69.8 Å². The van der Waals surface area contributed by atoms with Crippen molar-refractivity contribution in [1.29, 1.82) is 0 Å². The molecule has 0 amide bonds. The third-order valence-electron chi connectivity index (χ3n) is 6.50. The maximum absolute atomic E-state index is 2.49. The van der Waals surface area contributed by atoms with E-state index in [2.05, 4.69) is 126 Å². The van der Waals surface area contributed by atoms with E-state index in [0.717, 1.165) is 6.42 Å². The molecule has 0 aliphatic rings. The lowest BCUT2D eigenvalue weighted by molar-refractivity contribution is 0.528. The summed E-state index contributed by atoms with van der Waals surface area (Å²) in [5.41, 5.74) is 9.39. The van der Waals surface area contributed by atoms with Crippen molar-refractivity contribution >= 4 is 0 Å². The van der Waals surface area contributed by atoms with E-state index in [1.54, 1.807) is 0 Å². The molecule has 0 nitrogen and oxygen atoms in total. The van der Waals surface area contributed by atoms with Crippen LogP contribution in [0.25, 0.3) is 0 Å². The van der Waals surface area contributed by atoms with Crippen LogP contribution < -0.4 is 0 Å². The summed E-state index contributed by atoms with van der Waals surface area (Å²) in [6.07, 6.45) is 1.07. The average molecular weight is 421 g/mol. The van der Waals surface area contributed by atoms with E-state index in [1.165, 1.54) is 33.4 Å². The average Bonchev–Trinajstić information content (AvgIpc) is 2.58. The van der Waals surface area contributed by atoms with Gasteiger partial charge in [-0.2, -0.15) is 0 Å². The highest BCUT2D eigenvalue weighted by atomic mass is 14.3. The highest BCUT2D eigenvalue weighted by molar-refractivity contribution is 5.43. The molecule has 0 aliphatic carbocycles. The zero-order valence-corrected chi connectivity index (χ0v) is 22.7. The quantitative estimate of drug-likeness (QED) is 0.464. The van der Waals surface area contributed by atoms with Gasteiger partial charge >= 0.3 is 0 Å². The molecular formula is C31H48. The SMILES string of the molecule is CC(Cc1cc(C(C)(C)C)cc(C(C)(C)C)c1)c1ccc(C(C)(C)C)c(C(C)(C)C)c1. The van der Waals surface area contributed by atoms with Crippen LogP contribution in [0, 0.1) is 0 Å². The molecule has 0 heterocycles. The van der Waals surface area contributed by atoms with Crippen molar-refractivity contribution in [3.8, 4) is 0 Å². The Morgan fingerprint density at radius 2 is 1.00 bits per heavy atom. The molecule has 0 aromatic heterocycles. The molecule has 0 spiro atoms. The Morgan fingerprint density at radius 1 is 0.548 bits per heavy atom. The second kappa shape index (κ2) is 8.42. The van der Waals surface area contributed by atoms with Gasteiger partial charge in [0.05, 0.1) is 0 Å². The molecule has 0 radical (unpaired) electrons. The number of hydrogen-bond acceptors (Lipinski definition) is 0. The number of rotatable bonds is 3. The minimum absolute atomic E-state index is 0.143. The van der Waals surface area contributed by atoms with E-state index < -0.39 is 0 Å². The summed E-state index contributed by atoms with van der Waals surface area (Å²) < 4.78 is 0. The molecule has 2 aromatic carbocycles. The van der Waals surface area contributed by atoms with Crippen molar-refractivity contribution in [1.82, 2.24) is 0 Å². The first-order chi connectivity index (χ1) is 13.8. The summed E-state index contributed by atoms with van der Waals surface area (Å²) in [6, 6.07) is 14.6. The monoisotopic (exact) mass is 420 g/mol. The minimum atomic E-state index is 0.143. The fourth-order valence-electron chi connectivity index (χ4n) is 4.29. The highest BCUT2D eigenvalue weighted by Gasteiger charge is 2.26. The summed E-state index contributed by atoms with van der Waals surface area (Å²) in [4.78, 5) is 0. The molecule has 31 heavy (non-hydrogen) atoms. The fourth-order valence-corrected chi connectivity index (χ4v) is 4.29. The summed E-state index contributed by atoms with van der Waals surface area (Å²) in [5.74, 6) is 0.484. The van der Waals surface area contributed by atoms with E-state index in [0.29, 0.717) is 5.92 Å². The van der Waals surface area contributed by atoms with Crippen LogP contribution in [0.1, 0.15) is 129 Å². The van der Waals surface area contributed by atoms with Crippen LogP contribution in [-0.2, 0) is 28.1 Å². The second-order valence-corrected chi connectivity index (χ2v) is 13.8. The van der Waals surface area contributed by atoms with Crippen LogP contribution in [0.2, 0.25) is 0 Å². The molecule has 0 saturated carbocycles. The Kier molecular flexibility index (Phi) is 6.98. The molecular weight excluding hydrogens is 372 g/mol. The Labute approximate surface area is 193 Å². The number of benzene rings is 2. The third kappa shape index (κ3) is 6.47. The molecule has 0 N–H and O–H groups in total. The molecule has 2 rings (SSSR count). The summed E-state index contributed by atoms with van der Waals surface area (Å²) in [5, 5.41) is 0. The first-order valence-electron chi connectivity index (χ1n) is 12.1. The van der Waals surface area contributed by atoms with Gasteiger partial charge in [-0.3, -0.25) is 0 Å². The molecule has 1 atom stereocenters. The maximum atomic E-state index is 2.49. The molecule has 1 unspecified atom stereocenters. The van der Waals surface area contributed by atoms with Gasteiger partial charge in [0.1, 0.15) is 0 Å². The van der Waals surface area contributed by atoms with Crippen molar-refractivity contribution in [2.75, 3.05) is 0 Å². The summed E-state index contributed by atoms with van der Waals surface area (Å²) >= 11 is 0. The smallest absolute Gasteiger partial charge is 0.0129 e. The lowest BCUT2D eigenvalue weighted by atomic mass is 9.73. The molecule has 0 saturated heterocycles. The van der Waals surface area contributed by atoms with E-state index in [4.69, 9.17) is 0 Å². The third-order valence-corrected chi connectivity index (χ3v) is 6.50. The summed E-state index contributed by atoms with van der Waals surface area (Å²) in [6.45, 7) is 30.3. The zero-order chi connectivity index (χ0) is 24.0. The number of hydrogen-bond donors (Lipinski definition) is 0. The molecule has 0 aliphatic heterocycles. The minimum Gasteiger partial charge on any atom is -0.0584 e. The van der Waals surface area contributed by atoms with Gasteiger partial charge in [-0.15, -0.1) is 0 Å². The Bertz CT molecular complexity index is 867. The van der Waals surface area contributed by atoms with Crippen molar-refractivity contribution in [2.45, 2.75) is 124 Å². The van der Waals surface area contributed by atoms with Crippen LogP contribution in [0.15, 0.2) is 36.4 Å². The fraction of sp³-hybridized carbons (Fsp3) is 0.613. The van der Waals surface area contributed by atoms with Gasteiger partial charge in [0.2, 0.25) is 0 Å². The molecule has 172 valence electrons. The van der Waals surface area contributed by atoms with Gasteiger partial charge in [-0.25, -0.2) is 0 Å². The Balaban J connectivity index is 2.49. The van der Waals surface area contributed by atoms with E-state index in [1.807, 2.05) is 0 Å². The standard InChI is InChI=1S/C31H48/c1-21(23-14-15-26(30(8,9)10)27(19-23)31(11,12)13)16-22-17-24(28(2,3)4)20-25(18-22)29(5,6)7/h14-15,17-21H,16H2,1-13H3. The topological polar surface area (TPSA) is 0 Å². The van der Waals surface area contributed by atoms with E-state index in [9.17, 15) is 0 Å². The van der Waals surface area contributed by atoms with Crippen LogP contribution in [0.3, 0.4) is 0 Å². The summed E-state index contributed by atoms with van der Waals surface area (Å²) in [7, 11) is 0. The first kappa shape index (κ1) is 25.7. The van der Waals surface area contributed by atoms with Crippen LogP contribution in [-0.4, -0.2) is 0 Å². The second-order valence-electron chi connectivity index (χ2n) is 13.8. The zero-order valence-electron chi connectivity index (χ0n) is 22.7. The molecule has 0 fully saturated rings. The molecule has 0 heteroatoms. The van der Waals surface area contributed by atoms with Gasteiger partial charge in [0.15, 0.2) is 0 Å². The normalized spacial score (nSPS) is 14.6. The highest BCUT2D eigenvalue weighted by Crippen LogP contribution is 2.37. The lowest BCUT2D eigenvalue weighted by Crippen LogP contribution is -2.22. The van der Waals surface area contributed by atoms with Crippen LogP contribution >= 0.6 is 0 Å². The van der Waals surface area contributed by atoms with E-state index in [-0.39, 0.29) is 21.7 Å². The predicted octanol–water partition coefficient (Wildman–Crippen LogP) is 9.22. The first-order valence-corrected chi connectivity index (χ1v) is 12.1. The Hall–Kier alpha value is -1.56. The van der Waals surface area contributed by atoms with Crippen molar-refractivity contribution < 1.29 is 0 Å². The Morgan fingerprint density at radius 3 is 1.39 bits per heavy atom. The van der Waals surface area contributed by atoms with Crippen LogP contribution in [0.4, 0.5) is 0 Å². The van der Waals surface area contributed by atoms with E-state index >= 15 is 0 Å². The van der Waals surface area contributed by atoms with Gasteiger partial charge in [0.25, 0.3) is 0 Å². The van der Waals surface area contributed by atoms with Crippen LogP contribution in [0.5, 0.6) is 0 Å². The lowest BCUT2D eigenvalue weighted by Gasteiger charge is -2.31. The predicted molar refractivity (Wildman–Crippen MR) is 140 cm³/mol. The van der Waals surface area contributed by atoms with Gasteiger partial charge in [-0.1, -0.05) is 126 Å². The molecule has 0 bridgehead atoms. The van der Waals surface area contributed by atoms with Crippen molar-refractivity contribution in [3.63, 3.8) is 0 Å². The van der Waals surface area contributed by atoms with Crippen molar-refractivity contribution in [2.24, 2.45) is 0 Å². The molecule has 2 aromatic rings. The maximum Gasteiger partial charge on any atom is -0.0129 e. The van der Waals surface area contributed by atoms with Gasteiger partial charge in [0, 0.05) is 0 Å². The van der Waals surface area contributed by atoms with Gasteiger partial charge < -0.3 is 0 Å². The largest absolute Gasteiger partial charge is 0.0584 e.